The van der Waals surface area contributed by atoms with Gasteiger partial charge in [0, 0.05) is 25.0 Å². The summed E-state index contributed by atoms with van der Waals surface area (Å²) in [6, 6.07) is 4.43. The van der Waals surface area contributed by atoms with Crippen LogP contribution in [-0.4, -0.2) is 34.4 Å². The van der Waals surface area contributed by atoms with Crippen molar-refractivity contribution in [1.82, 2.24) is 15.2 Å². The number of amides is 1. The minimum absolute atomic E-state index is 0.000946. The van der Waals surface area contributed by atoms with Crippen molar-refractivity contribution in [3.63, 3.8) is 0 Å². The van der Waals surface area contributed by atoms with Crippen LogP contribution in [0.25, 0.3) is 0 Å². The number of piperidine rings is 1. The summed E-state index contributed by atoms with van der Waals surface area (Å²) in [6.45, 7) is 3.85. The molecule has 108 valence electrons. The van der Waals surface area contributed by atoms with Crippen LogP contribution in [0, 0.1) is 5.92 Å². The zero-order valence-corrected chi connectivity index (χ0v) is 12.1. The fraction of sp³-hybridized carbons (Fsp3) is 0.625. The summed E-state index contributed by atoms with van der Waals surface area (Å²) in [5.41, 5.74) is 1.12. The average Bonchev–Trinajstić information content (AvgIpc) is 3.30. The lowest BCUT2D eigenvalue weighted by Crippen LogP contribution is -2.52. The standard InChI is InChI=1S/C16H23N3O/c1-12-4-2-9-18-15(12)16(20)19(14-6-7-14)11-13-5-3-8-17-10-13/h3,5,8,10,12,14-15,18H,2,4,6-7,9,11H2,1H3. The van der Waals surface area contributed by atoms with Crippen LogP contribution in [0.5, 0.6) is 0 Å². The highest BCUT2D eigenvalue weighted by Gasteiger charge is 2.38. The summed E-state index contributed by atoms with van der Waals surface area (Å²) >= 11 is 0. The third-order valence-electron chi connectivity index (χ3n) is 4.38. The van der Waals surface area contributed by atoms with Gasteiger partial charge in [0.1, 0.15) is 0 Å². The van der Waals surface area contributed by atoms with E-state index >= 15 is 0 Å². The van der Waals surface area contributed by atoms with Gasteiger partial charge in [-0.1, -0.05) is 13.0 Å². The summed E-state index contributed by atoms with van der Waals surface area (Å²) in [6.07, 6.45) is 8.25. The number of carbonyl (C=O) groups is 1. The molecule has 0 bridgehead atoms. The van der Waals surface area contributed by atoms with Crippen LogP contribution >= 0.6 is 0 Å². The molecule has 3 rings (SSSR count). The summed E-state index contributed by atoms with van der Waals surface area (Å²) in [7, 11) is 0. The van der Waals surface area contributed by atoms with Gasteiger partial charge in [0.15, 0.2) is 0 Å². The monoisotopic (exact) mass is 273 g/mol. The number of rotatable bonds is 4. The molecule has 2 unspecified atom stereocenters. The van der Waals surface area contributed by atoms with E-state index in [1.807, 2.05) is 18.3 Å². The Morgan fingerprint density at radius 2 is 2.30 bits per heavy atom. The maximum Gasteiger partial charge on any atom is 0.240 e. The van der Waals surface area contributed by atoms with Crippen molar-refractivity contribution in [2.75, 3.05) is 6.54 Å². The van der Waals surface area contributed by atoms with E-state index in [4.69, 9.17) is 0 Å². The van der Waals surface area contributed by atoms with Crippen molar-refractivity contribution in [1.29, 1.82) is 0 Å². The summed E-state index contributed by atoms with van der Waals surface area (Å²) in [5.74, 6) is 0.718. The van der Waals surface area contributed by atoms with Gasteiger partial charge in [-0.25, -0.2) is 0 Å². The summed E-state index contributed by atoms with van der Waals surface area (Å²) < 4.78 is 0. The van der Waals surface area contributed by atoms with Gasteiger partial charge in [-0.2, -0.15) is 0 Å². The predicted octanol–water partition coefficient (Wildman–Crippen LogP) is 1.96. The highest BCUT2D eigenvalue weighted by molar-refractivity contribution is 5.83. The molecule has 20 heavy (non-hydrogen) atoms. The fourth-order valence-corrected chi connectivity index (χ4v) is 3.02. The third-order valence-corrected chi connectivity index (χ3v) is 4.38. The Morgan fingerprint density at radius 3 is 2.95 bits per heavy atom. The molecular weight excluding hydrogens is 250 g/mol. The van der Waals surface area contributed by atoms with E-state index < -0.39 is 0 Å². The number of hydrogen-bond donors (Lipinski definition) is 1. The number of nitrogens with one attached hydrogen (secondary N) is 1. The van der Waals surface area contributed by atoms with Gasteiger partial charge in [-0.05, 0) is 49.8 Å². The van der Waals surface area contributed by atoms with Gasteiger partial charge in [-0.15, -0.1) is 0 Å². The SMILES string of the molecule is CC1CCCNC1C(=O)N(Cc1cccnc1)C1CC1. The van der Waals surface area contributed by atoms with Gasteiger partial charge in [0.05, 0.1) is 6.04 Å². The van der Waals surface area contributed by atoms with Crippen molar-refractivity contribution < 1.29 is 4.79 Å². The zero-order valence-electron chi connectivity index (χ0n) is 12.1. The maximum absolute atomic E-state index is 12.8. The first-order valence-electron chi connectivity index (χ1n) is 7.68. The molecule has 1 N–H and O–H groups in total. The predicted molar refractivity (Wildman–Crippen MR) is 78.0 cm³/mol. The van der Waals surface area contributed by atoms with Crippen LogP contribution in [0.4, 0.5) is 0 Å². The number of carbonyl (C=O) groups excluding carboxylic acids is 1. The second kappa shape index (κ2) is 5.92. The van der Waals surface area contributed by atoms with Crippen molar-refractivity contribution >= 4 is 5.91 Å². The molecule has 0 radical (unpaired) electrons. The molecule has 1 aromatic rings. The van der Waals surface area contributed by atoms with E-state index in [-0.39, 0.29) is 11.9 Å². The molecule has 2 aliphatic rings. The summed E-state index contributed by atoms with van der Waals surface area (Å²) in [4.78, 5) is 19.1. The quantitative estimate of drug-likeness (QED) is 0.912. The maximum atomic E-state index is 12.8. The minimum atomic E-state index is 0.000946. The fourth-order valence-electron chi connectivity index (χ4n) is 3.02. The minimum Gasteiger partial charge on any atom is -0.334 e. The van der Waals surface area contributed by atoms with Gasteiger partial charge in [-0.3, -0.25) is 9.78 Å². The number of aromatic nitrogens is 1. The van der Waals surface area contributed by atoms with Crippen LogP contribution in [0.3, 0.4) is 0 Å². The molecule has 4 nitrogen and oxygen atoms in total. The molecule has 4 heteroatoms. The second-order valence-corrected chi connectivity index (χ2v) is 6.11. The molecule has 1 amide bonds. The molecule has 1 saturated heterocycles. The Hall–Kier alpha value is -1.42. The van der Waals surface area contributed by atoms with Gasteiger partial charge in [0.25, 0.3) is 0 Å². The number of pyridine rings is 1. The van der Waals surface area contributed by atoms with Crippen LogP contribution < -0.4 is 5.32 Å². The van der Waals surface area contributed by atoms with Crippen molar-refractivity contribution in [3.8, 4) is 0 Å². The topological polar surface area (TPSA) is 45.2 Å². The lowest BCUT2D eigenvalue weighted by atomic mass is 9.91. The van der Waals surface area contributed by atoms with Crippen LogP contribution in [-0.2, 0) is 11.3 Å². The molecule has 1 aliphatic heterocycles. The van der Waals surface area contributed by atoms with Crippen LogP contribution in [0.2, 0.25) is 0 Å². The largest absolute Gasteiger partial charge is 0.334 e. The van der Waals surface area contributed by atoms with E-state index in [0.717, 1.165) is 31.4 Å². The van der Waals surface area contributed by atoms with Gasteiger partial charge in [0.2, 0.25) is 5.91 Å². The Bertz CT molecular complexity index is 458. The molecule has 2 fully saturated rings. The van der Waals surface area contributed by atoms with E-state index in [2.05, 4.69) is 22.1 Å². The van der Waals surface area contributed by atoms with E-state index in [1.165, 1.54) is 6.42 Å². The van der Waals surface area contributed by atoms with Crippen molar-refractivity contribution in [2.45, 2.75) is 51.2 Å². The van der Waals surface area contributed by atoms with Gasteiger partial charge >= 0.3 is 0 Å². The Kier molecular flexibility index (Phi) is 4.01. The lowest BCUT2D eigenvalue weighted by molar-refractivity contribution is -0.136. The second-order valence-electron chi connectivity index (χ2n) is 6.11. The molecule has 0 aromatic carbocycles. The molecular formula is C16H23N3O. The molecule has 2 atom stereocenters. The van der Waals surface area contributed by atoms with Crippen molar-refractivity contribution in [3.05, 3.63) is 30.1 Å². The molecule has 2 heterocycles. The van der Waals surface area contributed by atoms with Crippen LogP contribution in [0.1, 0.15) is 38.2 Å². The molecule has 1 aliphatic carbocycles. The molecule has 1 saturated carbocycles. The zero-order chi connectivity index (χ0) is 13.9. The average molecular weight is 273 g/mol. The molecule has 0 spiro atoms. The Labute approximate surface area is 120 Å². The number of hydrogen-bond acceptors (Lipinski definition) is 3. The van der Waals surface area contributed by atoms with E-state index in [9.17, 15) is 4.79 Å². The van der Waals surface area contributed by atoms with E-state index in [0.29, 0.717) is 18.5 Å². The highest BCUT2D eigenvalue weighted by atomic mass is 16.2. The Balaban J connectivity index is 1.71. The van der Waals surface area contributed by atoms with Crippen LogP contribution in [0.15, 0.2) is 24.5 Å². The first-order chi connectivity index (χ1) is 9.75. The molecule has 1 aromatic heterocycles. The van der Waals surface area contributed by atoms with Gasteiger partial charge < -0.3 is 10.2 Å². The normalized spacial score (nSPS) is 26.2. The van der Waals surface area contributed by atoms with E-state index in [1.54, 1.807) is 6.20 Å². The summed E-state index contributed by atoms with van der Waals surface area (Å²) in [5, 5.41) is 3.41. The highest BCUT2D eigenvalue weighted by Crippen LogP contribution is 2.30. The first-order valence-corrected chi connectivity index (χ1v) is 7.68. The Morgan fingerprint density at radius 1 is 1.45 bits per heavy atom. The van der Waals surface area contributed by atoms with Crippen molar-refractivity contribution in [2.24, 2.45) is 5.92 Å². The number of nitrogens with zero attached hydrogens (tertiary/aromatic N) is 2. The first kappa shape index (κ1) is 13.6. The lowest BCUT2D eigenvalue weighted by Gasteiger charge is -2.34. The third kappa shape index (κ3) is 3.01. The smallest absolute Gasteiger partial charge is 0.240 e.